The van der Waals surface area contributed by atoms with Crippen LogP contribution in [-0.4, -0.2) is 0 Å². The Hall–Kier alpha value is -1.03. The van der Waals surface area contributed by atoms with Crippen molar-refractivity contribution in [3.05, 3.63) is 24.3 Å². The van der Waals surface area contributed by atoms with Crippen molar-refractivity contribution in [3.63, 3.8) is 0 Å². The van der Waals surface area contributed by atoms with Crippen molar-refractivity contribution in [2.75, 3.05) is 0 Å². The predicted molar refractivity (Wildman–Crippen MR) is 48.0 cm³/mol. The molecule has 0 rings (SSSR count). The van der Waals surface area contributed by atoms with Gasteiger partial charge in [0, 0.05) is 0 Å². The van der Waals surface area contributed by atoms with E-state index in [4.69, 9.17) is 5.26 Å². The minimum atomic E-state index is 0.000237. The van der Waals surface area contributed by atoms with Crippen molar-refractivity contribution in [2.45, 2.75) is 26.7 Å². The molecule has 1 unspecified atom stereocenters. The lowest BCUT2D eigenvalue weighted by molar-refractivity contribution is 0.799. The molecule has 0 aliphatic heterocycles. The molecule has 60 valence electrons. The van der Waals surface area contributed by atoms with Crippen LogP contribution in [-0.2, 0) is 0 Å². The molecule has 0 aliphatic carbocycles. The largest absolute Gasteiger partial charge is 0.198 e. The molecule has 0 fully saturated rings. The number of rotatable bonds is 4. The van der Waals surface area contributed by atoms with Gasteiger partial charge in [0.25, 0.3) is 0 Å². The molecule has 11 heavy (non-hydrogen) atoms. The Morgan fingerprint density at radius 1 is 1.73 bits per heavy atom. The van der Waals surface area contributed by atoms with Crippen LogP contribution in [0, 0.1) is 17.2 Å². The molecule has 1 heteroatoms. The SMILES string of the molecule is C=C(CCC=CC)C(C)C#N. The standard InChI is InChI=1S/C10H15N/c1-4-5-6-7-9(2)10(3)8-11/h4-5,10H,2,6-7H2,1,3H3. The van der Waals surface area contributed by atoms with Crippen molar-refractivity contribution < 1.29 is 0 Å². The fourth-order valence-corrected chi connectivity index (χ4v) is 0.743. The maximum atomic E-state index is 8.53. The van der Waals surface area contributed by atoms with E-state index in [9.17, 15) is 0 Å². The van der Waals surface area contributed by atoms with E-state index in [2.05, 4.69) is 18.7 Å². The van der Waals surface area contributed by atoms with E-state index in [1.54, 1.807) is 0 Å². The monoisotopic (exact) mass is 149 g/mol. The molecule has 0 spiro atoms. The molecule has 0 aliphatic rings. The molecule has 0 radical (unpaired) electrons. The van der Waals surface area contributed by atoms with Gasteiger partial charge in [-0.25, -0.2) is 0 Å². The van der Waals surface area contributed by atoms with E-state index in [-0.39, 0.29) is 5.92 Å². The Balaban J connectivity index is 3.63. The normalized spacial score (nSPS) is 12.8. The zero-order valence-corrected chi connectivity index (χ0v) is 7.30. The van der Waals surface area contributed by atoms with E-state index >= 15 is 0 Å². The third-order valence-electron chi connectivity index (χ3n) is 1.67. The first-order valence-electron chi connectivity index (χ1n) is 3.90. The minimum absolute atomic E-state index is 0.000237. The molecule has 0 N–H and O–H groups in total. The molecule has 0 aromatic heterocycles. The van der Waals surface area contributed by atoms with Crippen LogP contribution in [0.15, 0.2) is 24.3 Å². The zero-order valence-electron chi connectivity index (χ0n) is 7.30. The molecule has 0 aromatic rings. The maximum Gasteiger partial charge on any atom is 0.0697 e. The Kier molecular flexibility index (Phi) is 5.20. The van der Waals surface area contributed by atoms with E-state index in [1.165, 1.54) is 0 Å². The molecular weight excluding hydrogens is 134 g/mol. The number of hydrogen-bond donors (Lipinski definition) is 0. The second kappa shape index (κ2) is 5.73. The Morgan fingerprint density at radius 2 is 2.36 bits per heavy atom. The van der Waals surface area contributed by atoms with Crippen LogP contribution in [0.2, 0.25) is 0 Å². The summed E-state index contributed by atoms with van der Waals surface area (Å²) in [5, 5.41) is 8.53. The first-order valence-corrected chi connectivity index (χ1v) is 3.90. The number of nitrogens with zero attached hydrogens (tertiary/aromatic N) is 1. The molecule has 0 aromatic carbocycles. The average Bonchev–Trinajstić information content (AvgIpc) is 2.03. The first kappa shape index (κ1) is 9.97. The molecular formula is C10H15N. The lowest BCUT2D eigenvalue weighted by atomic mass is 10.00. The third-order valence-corrected chi connectivity index (χ3v) is 1.67. The third kappa shape index (κ3) is 4.38. The summed E-state index contributed by atoms with van der Waals surface area (Å²) in [7, 11) is 0. The molecule has 0 saturated heterocycles. The summed E-state index contributed by atoms with van der Waals surface area (Å²) in [5.41, 5.74) is 1.03. The lowest BCUT2D eigenvalue weighted by Crippen LogP contribution is -1.93. The first-order chi connectivity index (χ1) is 5.22. The summed E-state index contributed by atoms with van der Waals surface area (Å²) in [5.74, 6) is 0.000237. The summed E-state index contributed by atoms with van der Waals surface area (Å²) in [4.78, 5) is 0. The molecule has 1 atom stereocenters. The van der Waals surface area contributed by atoms with Gasteiger partial charge < -0.3 is 0 Å². The highest BCUT2D eigenvalue weighted by molar-refractivity contribution is 5.08. The van der Waals surface area contributed by atoms with Gasteiger partial charge in [-0.05, 0) is 26.7 Å². The van der Waals surface area contributed by atoms with Gasteiger partial charge in [-0.2, -0.15) is 5.26 Å². The minimum Gasteiger partial charge on any atom is -0.198 e. The molecule has 0 bridgehead atoms. The second-order valence-electron chi connectivity index (χ2n) is 2.62. The van der Waals surface area contributed by atoms with Crippen molar-refractivity contribution in [1.82, 2.24) is 0 Å². The topological polar surface area (TPSA) is 23.8 Å². The van der Waals surface area contributed by atoms with Gasteiger partial charge in [-0.1, -0.05) is 24.3 Å². The summed E-state index contributed by atoms with van der Waals surface area (Å²) >= 11 is 0. The van der Waals surface area contributed by atoms with Crippen LogP contribution in [0.4, 0.5) is 0 Å². The summed E-state index contributed by atoms with van der Waals surface area (Å²) in [6.07, 6.45) is 6.04. The average molecular weight is 149 g/mol. The van der Waals surface area contributed by atoms with Gasteiger partial charge in [0.2, 0.25) is 0 Å². The molecule has 1 nitrogen and oxygen atoms in total. The van der Waals surface area contributed by atoms with Gasteiger partial charge in [-0.15, -0.1) is 0 Å². The van der Waals surface area contributed by atoms with Gasteiger partial charge in [0.05, 0.1) is 12.0 Å². The number of nitriles is 1. The Bertz CT molecular complexity index is 184. The van der Waals surface area contributed by atoms with E-state index in [1.807, 2.05) is 19.9 Å². The number of allylic oxidation sites excluding steroid dienone is 3. The fraction of sp³-hybridized carbons (Fsp3) is 0.500. The second-order valence-corrected chi connectivity index (χ2v) is 2.62. The van der Waals surface area contributed by atoms with E-state index in [0.29, 0.717) is 0 Å². The van der Waals surface area contributed by atoms with Crippen molar-refractivity contribution >= 4 is 0 Å². The van der Waals surface area contributed by atoms with Crippen LogP contribution in [0.3, 0.4) is 0 Å². The predicted octanol–water partition coefficient (Wildman–Crippen LogP) is 3.06. The summed E-state index contributed by atoms with van der Waals surface area (Å²) < 4.78 is 0. The molecule has 0 amide bonds. The summed E-state index contributed by atoms with van der Waals surface area (Å²) in [6.45, 7) is 7.72. The molecule has 0 heterocycles. The van der Waals surface area contributed by atoms with Gasteiger partial charge >= 0.3 is 0 Å². The van der Waals surface area contributed by atoms with E-state index < -0.39 is 0 Å². The van der Waals surface area contributed by atoms with Crippen molar-refractivity contribution in [3.8, 4) is 6.07 Å². The highest BCUT2D eigenvalue weighted by atomic mass is 14.3. The Morgan fingerprint density at radius 3 is 2.82 bits per heavy atom. The smallest absolute Gasteiger partial charge is 0.0697 e. The van der Waals surface area contributed by atoms with Gasteiger partial charge in [-0.3, -0.25) is 0 Å². The van der Waals surface area contributed by atoms with Crippen LogP contribution in [0.5, 0.6) is 0 Å². The maximum absolute atomic E-state index is 8.53. The quantitative estimate of drug-likeness (QED) is 0.563. The van der Waals surface area contributed by atoms with E-state index in [0.717, 1.165) is 18.4 Å². The fourth-order valence-electron chi connectivity index (χ4n) is 0.743. The highest BCUT2D eigenvalue weighted by Crippen LogP contribution is 2.13. The zero-order chi connectivity index (χ0) is 8.69. The van der Waals surface area contributed by atoms with Crippen LogP contribution >= 0.6 is 0 Å². The van der Waals surface area contributed by atoms with Gasteiger partial charge in [0.15, 0.2) is 0 Å². The molecule has 0 saturated carbocycles. The number of hydrogen-bond acceptors (Lipinski definition) is 1. The lowest BCUT2D eigenvalue weighted by Gasteiger charge is -2.03. The van der Waals surface area contributed by atoms with Crippen molar-refractivity contribution in [2.24, 2.45) is 5.92 Å². The highest BCUT2D eigenvalue weighted by Gasteiger charge is 2.02. The van der Waals surface area contributed by atoms with Gasteiger partial charge in [0.1, 0.15) is 0 Å². The van der Waals surface area contributed by atoms with Crippen LogP contribution in [0.25, 0.3) is 0 Å². The van der Waals surface area contributed by atoms with Crippen molar-refractivity contribution in [1.29, 1.82) is 5.26 Å². The Labute approximate surface area is 69.0 Å². The van der Waals surface area contributed by atoms with Crippen LogP contribution in [0.1, 0.15) is 26.7 Å². The summed E-state index contributed by atoms with van der Waals surface area (Å²) in [6, 6.07) is 2.17. The van der Waals surface area contributed by atoms with Crippen LogP contribution < -0.4 is 0 Å².